The lowest BCUT2D eigenvalue weighted by atomic mass is 10.2. The molecule has 11 heteroatoms. The smallest absolute Gasteiger partial charge is 0.286 e. The summed E-state index contributed by atoms with van der Waals surface area (Å²) in [5.74, 6) is -1.04. The summed E-state index contributed by atoms with van der Waals surface area (Å²) in [4.78, 5) is 24.6. The van der Waals surface area contributed by atoms with Gasteiger partial charge in [-0.2, -0.15) is 4.31 Å². The van der Waals surface area contributed by atoms with Gasteiger partial charge in [0.25, 0.3) is 11.8 Å². The molecule has 0 spiro atoms. The van der Waals surface area contributed by atoms with Gasteiger partial charge in [-0.15, -0.1) is 0 Å². The van der Waals surface area contributed by atoms with Gasteiger partial charge in [-0.25, -0.2) is 8.42 Å². The van der Waals surface area contributed by atoms with Crippen LogP contribution in [0.25, 0.3) is 0 Å². The van der Waals surface area contributed by atoms with Crippen LogP contribution < -0.4 is 10.9 Å². The van der Waals surface area contributed by atoms with E-state index in [0.717, 1.165) is 4.47 Å². The predicted molar refractivity (Wildman–Crippen MR) is 113 cm³/mol. The number of aromatic nitrogens is 1. The topological polar surface area (TPSA) is 110 Å². The molecular formula is C19H23BrN4O5S. The second-order valence-electron chi connectivity index (χ2n) is 7.17. The van der Waals surface area contributed by atoms with Gasteiger partial charge in [-0.1, -0.05) is 0 Å². The molecule has 1 saturated heterocycles. The van der Waals surface area contributed by atoms with E-state index < -0.39 is 21.8 Å². The zero-order valence-corrected chi connectivity index (χ0v) is 19.2. The van der Waals surface area contributed by atoms with Gasteiger partial charge < -0.3 is 9.30 Å². The highest BCUT2D eigenvalue weighted by Gasteiger charge is 2.32. The first-order valence-corrected chi connectivity index (χ1v) is 11.5. The number of nitrogens with one attached hydrogen (secondary N) is 2. The number of amides is 2. The zero-order chi connectivity index (χ0) is 22.1. The molecule has 1 aliphatic heterocycles. The molecule has 1 aromatic carbocycles. The molecule has 2 unspecified atom stereocenters. The van der Waals surface area contributed by atoms with E-state index in [9.17, 15) is 18.0 Å². The molecule has 1 aliphatic rings. The number of hydrogen-bond acceptors (Lipinski definition) is 5. The number of ether oxygens (including phenoxy) is 1. The first kappa shape index (κ1) is 22.5. The van der Waals surface area contributed by atoms with Crippen LogP contribution in [0.4, 0.5) is 0 Å². The Kier molecular flexibility index (Phi) is 6.65. The predicted octanol–water partition coefficient (Wildman–Crippen LogP) is 1.66. The molecule has 0 saturated carbocycles. The minimum atomic E-state index is -3.69. The highest BCUT2D eigenvalue weighted by molar-refractivity contribution is 9.10. The first-order chi connectivity index (χ1) is 14.1. The summed E-state index contributed by atoms with van der Waals surface area (Å²) in [6, 6.07) is 7.19. The van der Waals surface area contributed by atoms with E-state index in [4.69, 9.17) is 4.74 Å². The Labute approximate surface area is 183 Å². The number of rotatable bonds is 4. The fourth-order valence-corrected chi connectivity index (χ4v) is 5.37. The lowest BCUT2D eigenvalue weighted by molar-refractivity contribution is -0.0440. The quantitative estimate of drug-likeness (QED) is 0.622. The van der Waals surface area contributed by atoms with Gasteiger partial charge in [-0.3, -0.25) is 20.4 Å². The Bertz CT molecular complexity index is 1040. The molecule has 2 amide bonds. The normalized spacial score (nSPS) is 20.0. The van der Waals surface area contributed by atoms with Gasteiger partial charge in [0.1, 0.15) is 5.69 Å². The summed E-state index contributed by atoms with van der Waals surface area (Å²) >= 11 is 3.28. The average Bonchev–Trinajstić information content (AvgIpc) is 3.03. The molecule has 1 fully saturated rings. The number of benzene rings is 1. The minimum absolute atomic E-state index is 0.0954. The highest BCUT2D eigenvalue weighted by atomic mass is 79.9. The summed E-state index contributed by atoms with van der Waals surface area (Å²) in [5, 5.41) is 0. The van der Waals surface area contributed by atoms with Crippen LogP contribution in [0.5, 0.6) is 0 Å². The van der Waals surface area contributed by atoms with E-state index in [2.05, 4.69) is 26.8 Å². The zero-order valence-electron chi connectivity index (χ0n) is 16.8. The van der Waals surface area contributed by atoms with Crippen molar-refractivity contribution in [3.05, 3.63) is 52.3 Å². The number of sulfonamides is 1. The summed E-state index contributed by atoms with van der Waals surface area (Å²) in [5.41, 5.74) is 5.23. The standard InChI is InChI=1S/C19H23BrN4O5S/c1-12-9-24(10-13(2)29-12)30(27,28)16-6-4-14(5-7-16)18(25)21-22-19(26)17-8-15(20)11-23(17)3/h4-8,11-13H,9-10H2,1-3H3,(H,21,25)(H,22,26). The monoisotopic (exact) mass is 498 g/mol. The largest absolute Gasteiger partial charge is 0.373 e. The number of hydrogen-bond donors (Lipinski definition) is 2. The SMILES string of the molecule is CC1CN(S(=O)(=O)c2ccc(C(=O)NNC(=O)c3cc(Br)cn3C)cc2)CC(C)O1. The van der Waals surface area contributed by atoms with Crippen LogP contribution in [0, 0.1) is 0 Å². The van der Waals surface area contributed by atoms with Gasteiger partial charge in [0.15, 0.2) is 0 Å². The summed E-state index contributed by atoms with van der Waals surface area (Å²) < 4.78 is 35.1. The third-order valence-electron chi connectivity index (χ3n) is 4.63. The average molecular weight is 499 g/mol. The molecule has 9 nitrogen and oxygen atoms in total. The van der Waals surface area contributed by atoms with Crippen molar-refractivity contribution >= 4 is 37.8 Å². The second kappa shape index (κ2) is 8.88. The molecule has 0 bridgehead atoms. The van der Waals surface area contributed by atoms with Gasteiger partial charge in [-0.05, 0) is 60.1 Å². The number of morpholine rings is 1. The van der Waals surface area contributed by atoms with E-state index >= 15 is 0 Å². The lowest BCUT2D eigenvalue weighted by Crippen LogP contribution is -2.48. The number of hydrazine groups is 1. The molecule has 2 heterocycles. The number of halogens is 1. The van der Waals surface area contributed by atoms with Crippen LogP contribution in [-0.2, 0) is 21.8 Å². The summed E-state index contributed by atoms with van der Waals surface area (Å²) in [6.07, 6.45) is 1.33. The number of aryl methyl sites for hydroxylation is 1. The molecule has 162 valence electrons. The summed E-state index contributed by atoms with van der Waals surface area (Å²) in [6.45, 7) is 4.20. The molecule has 0 aliphatic carbocycles. The van der Waals surface area contributed by atoms with E-state index in [1.165, 1.54) is 28.6 Å². The van der Waals surface area contributed by atoms with Gasteiger partial charge >= 0.3 is 0 Å². The lowest BCUT2D eigenvalue weighted by Gasteiger charge is -2.34. The van der Waals surface area contributed by atoms with Crippen molar-refractivity contribution in [2.24, 2.45) is 7.05 Å². The third-order valence-corrected chi connectivity index (χ3v) is 6.91. The third kappa shape index (κ3) is 4.91. The number of carbonyl (C=O) groups is 2. The van der Waals surface area contributed by atoms with E-state index in [1.807, 2.05) is 13.8 Å². The van der Waals surface area contributed by atoms with Crippen molar-refractivity contribution in [1.82, 2.24) is 19.7 Å². The molecule has 2 N–H and O–H groups in total. The maximum absolute atomic E-state index is 12.9. The molecule has 1 aromatic heterocycles. The Balaban J connectivity index is 1.65. The molecule has 3 rings (SSSR count). The van der Waals surface area contributed by atoms with Crippen molar-refractivity contribution in [1.29, 1.82) is 0 Å². The van der Waals surface area contributed by atoms with E-state index in [0.29, 0.717) is 5.69 Å². The Morgan fingerprint density at radius 3 is 2.17 bits per heavy atom. The van der Waals surface area contributed by atoms with Crippen LogP contribution >= 0.6 is 15.9 Å². The van der Waals surface area contributed by atoms with Crippen molar-refractivity contribution < 1.29 is 22.7 Å². The number of nitrogens with zero attached hydrogens (tertiary/aromatic N) is 2. The van der Waals surface area contributed by atoms with Crippen LogP contribution in [0.2, 0.25) is 0 Å². The number of carbonyl (C=O) groups excluding carboxylic acids is 2. The highest BCUT2D eigenvalue weighted by Crippen LogP contribution is 2.21. The first-order valence-electron chi connectivity index (χ1n) is 9.26. The second-order valence-corrected chi connectivity index (χ2v) is 10.0. The van der Waals surface area contributed by atoms with Gasteiger partial charge in [0.2, 0.25) is 10.0 Å². The molecule has 0 radical (unpaired) electrons. The Morgan fingerprint density at radius 2 is 1.63 bits per heavy atom. The van der Waals surface area contributed by atoms with Crippen LogP contribution in [-0.4, -0.2) is 54.4 Å². The van der Waals surface area contributed by atoms with Crippen LogP contribution in [0.1, 0.15) is 34.7 Å². The van der Waals surface area contributed by atoms with Crippen molar-refractivity contribution in [2.75, 3.05) is 13.1 Å². The molecular weight excluding hydrogens is 476 g/mol. The van der Waals surface area contributed by atoms with Gasteiger partial charge in [0.05, 0.1) is 17.1 Å². The van der Waals surface area contributed by atoms with Crippen molar-refractivity contribution in [3.8, 4) is 0 Å². The summed E-state index contributed by atoms with van der Waals surface area (Å²) in [7, 11) is -1.98. The van der Waals surface area contributed by atoms with Crippen molar-refractivity contribution in [3.63, 3.8) is 0 Å². The minimum Gasteiger partial charge on any atom is -0.373 e. The maximum atomic E-state index is 12.9. The van der Waals surface area contributed by atoms with Gasteiger partial charge in [0, 0.05) is 36.4 Å². The van der Waals surface area contributed by atoms with Crippen LogP contribution in [0.3, 0.4) is 0 Å². The fraction of sp³-hybridized carbons (Fsp3) is 0.368. The van der Waals surface area contributed by atoms with E-state index in [1.54, 1.807) is 23.9 Å². The van der Waals surface area contributed by atoms with Crippen LogP contribution in [0.15, 0.2) is 45.9 Å². The maximum Gasteiger partial charge on any atom is 0.286 e. The van der Waals surface area contributed by atoms with E-state index in [-0.39, 0.29) is 35.8 Å². The molecule has 2 aromatic rings. The Hall–Kier alpha value is -2.21. The van der Waals surface area contributed by atoms with Crippen molar-refractivity contribution in [2.45, 2.75) is 31.0 Å². The molecule has 30 heavy (non-hydrogen) atoms. The Morgan fingerprint density at radius 1 is 1.07 bits per heavy atom. The fourth-order valence-electron chi connectivity index (χ4n) is 3.25. The molecule has 2 atom stereocenters.